The van der Waals surface area contributed by atoms with Crippen molar-refractivity contribution in [2.24, 2.45) is 0 Å². The van der Waals surface area contributed by atoms with E-state index in [1.54, 1.807) is 0 Å². The number of urea groups is 1. The summed E-state index contributed by atoms with van der Waals surface area (Å²) in [6.07, 6.45) is 0. The highest BCUT2D eigenvalue weighted by atomic mass is 16.2. The monoisotopic (exact) mass is 349 g/mol. The van der Waals surface area contributed by atoms with Gasteiger partial charge < -0.3 is 15.2 Å². The lowest BCUT2D eigenvalue weighted by Crippen LogP contribution is -2.38. The normalized spacial score (nSPS) is 14.4. The standard InChI is InChI=1S/C20H23N5O/c1-14(2)24-10-11-25-18-9-8-16(12-17(18)23-19(25)13-24)22-20(26)21-15-6-4-3-5-7-15/h3-9,12,14H,10-11,13H2,1-2H3,(H2,21,22,26). The van der Waals surface area contributed by atoms with Crippen LogP contribution in [0.3, 0.4) is 0 Å². The lowest BCUT2D eigenvalue weighted by molar-refractivity contribution is 0.175. The molecule has 0 saturated carbocycles. The molecular weight excluding hydrogens is 326 g/mol. The number of anilines is 2. The minimum atomic E-state index is -0.259. The van der Waals surface area contributed by atoms with Crippen molar-refractivity contribution in [1.29, 1.82) is 0 Å². The Labute approximate surface area is 152 Å². The lowest BCUT2D eigenvalue weighted by Gasteiger charge is -2.30. The maximum absolute atomic E-state index is 12.2. The number of aromatic nitrogens is 2. The SMILES string of the molecule is CC(C)N1CCn2c(nc3cc(NC(=O)Nc4ccccc4)ccc32)C1. The van der Waals surface area contributed by atoms with Crippen molar-refractivity contribution >= 4 is 28.4 Å². The molecule has 26 heavy (non-hydrogen) atoms. The molecular formula is C20H23N5O. The van der Waals surface area contributed by atoms with Crippen LogP contribution in [0.1, 0.15) is 19.7 Å². The zero-order chi connectivity index (χ0) is 18.1. The van der Waals surface area contributed by atoms with Crippen LogP contribution in [0.2, 0.25) is 0 Å². The topological polar surface area (TPSA) is 62.2 Å². The highest BCUT2D eigenvalue weighted by molar-refractivity contribution is 6.00. The summed E-state index contributed by atoms with van der Waals surface area (Å²) in [4.78, 5) is 19.4. The van der Waals surface area contributed by atoms with Gasteiger partial charge >= 0.3 is 6.03 Å². The van der Waals surface area contributed by atoms with Gasteiger partial charge in [0.1, 0.15) is 5.82 Å². The molecule has 0 aliphatic carbocycles. The molecule has 0 unspecified atom stereocenters. The van der Waals surface area contributed by atoms with E-state index in [-0.39, 0.29) is 6.03 Å². The predicted molar refractivity (Wildman–Crippen MR) is 104 cm³/mol. The van der Waals surface area contributed by atoms with Gasteiger partial charge in [-0.3, -0.25) is 4.90 Å². The van der Waals surface area contributed by atoms with E-state index < -0.39 is 0 Å². The lowest BCUT2D eigenvalue weighted by atomic mass is 10.2. The van der Waals surface area contributed by atoms with E-state index in [0.717, 1.165) is 47.9 Å². The van der Waals surface area contributed by atoms with Gasteiger partial charge in [0.15, 0.2) is 0 Å². The third-order valence-corrected chi connectivity index (χ3v) is 4.80. The molecule has 2 N–H and O–H groups in total. The molecule has 3 aromatic rings. The summed E-state index contributed by atoms with van der Waals surface area (Å²) in [5, 5.41) is 5.70. The van der Waals surface area contributed by atoms with E-state index in [0.29, 0.717) is 6.04 Å². The fraction of sp³-hybridized carbons (Fsp3) is 0.300. The molecule has 1 aliphatic rings. The van der Waals surface area contributed by atoms with Crippen LogP contribution in [0.4, 0.5) is 16.2 Å². The first kappa shape index (κ1) is 16.6. The van der Waals surface area contributed by atoms with Crippen LogP contribution in [0.25, 0.3) is 11.0 Å². The molecule has 2 heterocycles. The van der Waals surface area contributed by atoms with Crippen molar-refractivity contribution in [3.05, 3.63) is 54.4 Å². The Balaban J connectivity index is 1.52. The summed E-state index contributed by atoms with van der Waals surface area (Å²) < 4.78 is 2.28. The molecule has 0 atom stereocenters. The minimum absolute atomic E-state index is 0.259. The first-order chi connectivity index (χ1) is 12.6. The van der Waals surface area contributed by atoms with Crippen LogP contribution in [0.15, 0.2) is 48.5 Å². The zero-order valence-corrected chi connectivity index (χ0v) is 15.1. The van der Waals surface area contributed by atoms with Crippen molar-refractivity contribution in [1.82, 2.24) is 14.5 Å². The maximum Gasteiger partial charge on any atom is 0.323 e. The Bertz CT molecular complexity index is 932. The van der Waals surface area contributed by atoms with Gasteiger partial charge in [0.05, 0.1) is 17.6 Å². The molecule has 0 saturated heterocycles. The molecule has 4 rings (SSSR count). The number of hydrogen-bond acceptors (Lipinski definition) is 3. The van der Waals surface area contributed by atoms with Gasteiger partial charge in [-0.15, -0.1) is 0 Å². The number of carbonyl (C=O) groups is 1. The van der Waals surface area contributed by atoms with Crippen LogP contribution in [-0.2, 0) is 13.1 Å². The van der Waals surface area contributed by atoms with E-state index in [4.69, 9.17) is 4.98 Å². The fourth-order valence-corrected chi connectivity index (χ4v) is 3.37. The molecule has 0 bridgehead atoms. The van der Waals surface area contributed by atoms with Crippen molar-refractivity contribution in [2.75, 3.05) is 17.2 Å². The summed E-state index contributed by atoms with van der Waals surface area (Å²) in [6.45, 7) is 7.28. The molecule has 0 radical (unpaired) electrons. The molecule has 134 valence electrons. The maximum atomic E-state index is 12.2. The zero-order valence-electron chi connectivity index (χ0n) is 15.1. The van der Waals surface area contributed by atoms with E-state index in [1.807, 2.05) is 48.5 Å². The first-order valence-electron chi connectivity index (χ1n) is 8.96. The van der Waals surface area contributed by atoms with E-state index in [1.165, 1.54) is 0 Å². The predicted octanol–water partition coefficient (Wildman–Crippen LogP) is 3.90. The van der Waals surface area contributed by atoms with Crippen molar-refractivity contribution in [2.45, 2.75) is 33.0 Å². The van der Waals surface area contributed by atoms with Crippen LogP contribution in [0, 0.1) is 0 Å². The Morgan fingerprint density at radius 1 is 1.04 bits per heavy atom. The van der Waals surface area contributed by atoms with Gasteiger partial charge in [0.25, 0.3) is 0 Å². The van der Waals surface area contributed by atoms with Gasteiger partial charge in [0, 0.05) is 30.5 Å². The molecule has 2 aromatic carbocycles. The van der Waals surface area contributed by atoms with Crippen molar-refractivity contribution in [3.8, 4) is 0 Å². The van der Waals surface area contributed by atoms with E-state index >= 15 is 0 Å². The van der Waals surface area contributed by atoms with Gasteiger partial charge in [0.2, 0.25) is 0 Å². The third kappa shape index (κ3) is 3.28. The number of nitrogens with zero attached hydrogens (tertiary/aromatic N) is 3. The number of amides is 2. The van der Waals surface area contributed by atoms with Crippen molar-refractivity contribution in [3.63, 3.8) is 0 Å². The van der Waals surface area contributed by atoms with E-state index in [9.17, 15) is 4.79 Å². The van der Waals surface area contributed by atoms with Gasteiger partial charge in [-0.05, 0) is 44.2 Å². The second-order valence-electron chi connectivity index (χ2n) is 6.89. The largest absolute Gasteiger partial charge is 0.326 e. The number of imidazole rings is 1. The van der Waals surface area contributed by atoms with Gasteiger partial charge in [-0.25, -0.2) is 9.78 Å². The number of carbonyl (C=O) groups excluding carboxylic acids is 1. The van der Waals surface area contributed by atoms with Crippen LogP contribution in [0.5, 0.6) is 0 Å². The Kier molecular flexibility index (Phi) is 4.34. The number of hydrogen-bond donors (Lipinski definition) is 2. The number of benzene rings is 2. The summed E-state index contributed by atoms with van der Waals surface area (Å²) >= 11 is 0. The summed E-state index contributed by atoms with van der Waals surface area (Å²) in [6, 6.07) is 15.6. The molecule has 0 fully saturated rings. The molecule has 6 heteroatoms. The van der Waals surface area contributed by atoms with Gasteiger partial charge in [-0.1, -0.05) is 18.2 Å². The second kappa shape index (κ2) is 6.80. The van der Waals surface area contributed by atoms with Crippen LogP contribution >= 0.6 is 0 Å². The smallest absolute Gasteiger partial charge is 0.323 e. The van der Waals surface area contributed by atoms with Gasteiger partial charge in [-0.2, -0.15) is 0 Å². The number of nitrogens with one attached hydrogen (secondary N) is 2. The number of fused-ring (bicyclic) bond motifs is 3. The Hall–Kier alpha value is -2.86. The number of para-hydroxylation sites is 1. The second-order valence-corrected chi connectivity index (χ2v) is 6.89. The fourth-order valence-electron chi connectivity index (χ4n) is 3.37. The summed E-state index contributed by atoms with van der Waals surface area (Å²) in [5.41, 5.74) is 3.54. The Morgan fingerprint density at radius 3 is 2.58 bits per heavy atom. The average molecular weight is 349 g/mol. The Morgan fingerprint density at radius 2 is 1.81 bits per heavy atom. The highest BCUT2D eigenvalue weighted by Crippen LogP contribution is 2.24. The highest BCUT2D eigenvalue weighted by Gasteiger charge is 2.21. The van der Waals surface area contributed by atoms with Crippen molar-refractivity contribution < 1.29 is 4.79 Å². The molecule has 1 aliphatic heterocycles. The third-order valence-electron chi connectivity index (χ3n) is 4.80. The minimum Gasteiger partial charge on any atom is -0.326 e. The van der Waals surface area contributed by atoms with E-state index in [2.05, 4.69) is 33.9 Å². The molecule has 6 nitrogen and oxygen atoms in total. The average Bonchev–Trinajstić information content (AvgIpc) is 2.99. The molecule has 1 aromatic heterocycles. The molecule has 0 spiro atoms. The first-order valence-corrected chi connectivity index (χ1v) is 8.96. The summed E-state index contributed by atoms with van der Waals surface area (Å²) in [7, 11) is 0. The van der Waals surface area contributed by atoms with Crippen LogP contribution < -0.4 is 10.6 Å². The molecule has 2 amide bonds. The van der Waals surface area contributed by atoms with Crippen LogP contribution in [-0.4, -0.2) is 33.1 Å². The quantitative estimate of drug-likeness (QED) is 0.754. The summed E-state index contributed by atoms with van der Waals surface area (Å²) in [5.74, 6) is 1.09. The number of rotatable bonds is 3.